The van der Waals surface area contributed by atoms with E-state index in [2.05, 4.69) is 35.4 Å². The molecule has 0 radical (unpaired) electrons. The summed E-state index contributed by atoms with van der Waals surface area (Å²) in [6.07, 6.45) is 5.01. The molecule has 2 aliphatic heterocycles. The highest BCUT2D eigenvalue weighted by molar-refractivity contribution is 7.99. The molecule has 1 nitrogen and oxygen atoms in total. The lowest BCUT2D eigenvalue weighted by molar-refractivity contribution is 0.224. The number of rotatable bonds is 3. The van der Waals surface area contributed by atoms with E-state index in [0.29, 0.717) is 0 Å². The summed E-state index contributed by atoms with van der Waals surface area (Å²) in [4.78, 5) is 4.20. The van der Waals surface area contributed by atoms with E-state index in [1.165, 1.54) is 43.1 Å². The molecule has 2 aliphatic rings. The number of hydrogen-bond acceptors (Lipinski definition) is 3. The molecular formula is C15H21NS2. The van der Waals surface area contributed by atoms with Crippen LogP contribution in [0.4, 0.5) is 0 Å². The van der Waals surface area contributed by atoms with Gasteiger partial charge >= 0.3 is 0 Å². The van der Waals surface area contributed by atoms with Crippen LogP contribution in [-0.2, 0) is 0 Å². The highest BCUT2D eigenvalue weighted by Crippen LogP contribution is 2.40. The van der Waals surface area contributed by atoms with E-state index in [-0.39, 0.29) is 0 Å². The first-order valence-electron chi connectivity index (χ1n) is 6.83. The lowest BCUT2D eigenvalue weighted by Crippen LogP contribution is -2.37. The number of nitrogens with zero attached hydrogens (tertiary/aromatic N) is 1. The topological polar surface area (TPSA) is 3.24 Å². The average Bonchev–Trinajstić information content (AvgIpc) is 2.83. The molecule has 1 aromatic rings. The van der Waals surface area contributed by atoms with Crippen LogP contribution in [0, 0.1) is 0 Å². The smallest absolute Gasteiger partial charge is 0.0108 e. The maximum atomic E-state index is 2.68. The lowest BCUT2D eigenvalue weighted by atomic mass is 9.99. The zero-order valence-corrected chi connectivity index (χ0v) is 12.6. The Hall–Kier alpha value is -0.120. The van der Waals surface area contributed by atoms with Gasteiger partial charge in [-0.2, -0.15) is 11.8 Å². The maximum absolute atomic E-state index is 2.68. The molecule has 18 heavy (non-hydrogen) atoms. The van der Waals surface area contributed by atoms with Crippen LogP contribution in [0.1, 0.15) is 24.3 Å². The zero-order valence-electron chi connectivity index (χ0n) is 11.0. The van der Waals surface area contributed by atoms with Crippen LogP contribution >= 0.6 is 23.5 Å². The van der Waals surface area contributed by atoms with Crippen molar-refractivity contribution in [2.75, 3.05) is 31.6 Å². The van der Waals surface area contributed by atoms with Crippen LogP contribution in [0.2, 0.25) is 0 Å². The summed E-state index contributed by atoms with van der Waals surface area (Å²) < 4.78 is 0. The maximum Gasteiger partial charge on any atom is 0.0108 e. The molecule has 98 valence electrons. The van der Waals surface area contributed by atoms with Crippen LogP contribution in [-0.4, -0.2) is 41.8 Å². The fourth-order valence-electron chi connectivity index (χ4n) is 3.02. The largest absolute Gasteiger partial charge is 0.303 e. The van der Waals surface area contributed by atoms with Gasteiger partial charge in [0.15, 0.2) is 0 Å². The number of thioether (sulfide) groups is 2. The summed E-state index contributed by atoms with van der Waals surface area (Å²) in [5.74, 6) is 2.04. The Morgan fingerprint density at radius 2 is 2.06 bits per heavy atom. The van der Waals surface area contributed by atoms with Crippen molar-refractivity contribution in [2.24, 2.45) is 0 Å². The summed E-state index contributed by atoms with van der Waals surface area (Å²) >= 11 is 4.09. The molecule has 0 bridgehead atoms. The molecule has 1 unspecified atom stereocenters. The average molecular weight is 279 g/mol. The molecule has 0 aliphatic carbocycles. The second-order valence-corrected chi connectivity index (χ2v) is 7.48. The van der Waals surface area contributed by atoms with Crippen molar-refractivity contribution in [2.45, 2.75) is 28.9 Å². The number of benzene rings is 1. The summed E-state index contributed by atoms with van der Waals surface area (Å²) in [5, 5.41) is 0.909. The van der Waals surface area contributed by atoms with E-state index in [9.17, 15) is 0 Å². The van der Waals surface area contributed by atoms with Crippen molar-refractivity contribution >= 4 is 23.5 Å². The van der Waals surface area contributed by atoms with Crippen molar-refractivity contribution < 1.29 is 0 Å². The number of hydrogen-bond donors (Lipinski definition) is 0. The fourth-order valence-corrected chi connectivity index (χ4v) is 4.94. The van der Waals surface area contributed by atoms with Gasteiger partial charge in [0, 0.05) is 28.4 Å². The Morgan fingerprint density at radius 1 is 1.28 bits per heavy atom. The quantitative estimate of drug-likeness (QED) is 0.830. The minimum atomic E-state index is 0.761. The molecule has 3 heteroatoms. The monoisotopic (exact) mass is 279 g/mol. The SMILES string of the molecule is CSC1CCN(CC2CSc3ccccc32)CC1. The van der Waals surface area contributed by atoms with E-state index in [4.69, 9.17) is 0 Å². The minimum absolute atomic E-state index is 0.761. The summed E-state index contributed by atoms with van der Waals surface area (Å²) in [7, 11) is 0. The summed E-state index contributed by atoms with van der Waals surface area (Å²) in [6.45, 7) is 3.87. The number of likely N-dealkylation sites (tertiary alicyclic amines) is 1. The molecule has 1 aromatic carbocycles. The fraction of sp³-hybridized carbons (Fsp3) is 0.600. The first-order chi connectivity index (χ1) is 8.86. The van der Waals surface area contributed by atoms with E-state index in [1.54, 1.807) is 5.56 Å². The second-order valence-electron chi connectivity index (χ2n) is 5.28. The molecule has 0 N–H and O–H groups in total. The van der Waals surface area contributed by atoms with Crippen LogP contribution in [0.3, 0.4) is 0 Å². The predicted octanol–water partition coefficient (Wildman–Crippen LogP) is 3.70. The summed E-state index contributed by atoms with van der Waals surface area (Å²) in [5.41, 5.74) is 1.59. The molecule has 1 fully saturated rings. The van der Waals surface area contributed by atoms with Gasteiger partial charge in [-0.25, -0.2) is 0 Å². The van der Waals surface area contributed by atoms with Gasteiger partial charge in [-0.3, -0.25) is 0 Å². The number of fused-ring (bicyclic) bond motifs is 1. The normalized spacial score (nSPS) is 25.3. The number of piperidine rings is 1. The predicted molar refractivity (Wildman–Crippen MR) is 82.9 cm³/mol. The van der Waals surface area contributed by atoms with Crippen LogP contribution in [0.15, 0.2) is 29.2 Å². The van der Waals surface area contributed by atoms with Crippen molar-refractivity contribution in [3.8, 4) is 0 Å². The van der Waals surface area contributed by atoms with Gasteiger partial charge in [0.05, 0.1) is 0 Å². The Morgan fingerprint density at radius 3 is 2.83 bits per heavy atom. The summed E-state index contributed by atoms with van der Waals surface area (Å²) in [6, 6.07) is 8.96. The standard InChI is InChI=1S/C15H21NS2/c1-17-13-6-8-16(9-7-13)10-12-11-18-15-5-3-2-4-14(12)15/h2-5,12-13H,6-11H2,1H3. The molecule has 2 heterocycles. The first-order valence-corrected chi connectivity index (χ1v) is 9.11. The Bertz CT molecular complexity index is 399. The van der Waals surface area contributed by atoms with Crippen molar-refractivity contribution in [1.29, 1.82) is 0 Å². The van der Waals surface area contributed by atoms with Gasteiger partial charge in [-0.05, 0) is 43.8 Å². The van der Waals surface area contributed by atoms with Crippen LogP contribution in [0.25, 0.3) is 0 Å². The first kappa shape index (κ1) is 12.9. The van der Waals surface area contributed by atoms with E-state index < -0.39 is 0 Å². The Balaban J connectivity index is 1.59. The molecule has 3 rings (SSSR count). The van der Waals surface area contributed by atoms with Crippen LogP contribution < -0.4 is 0 Å². The van der Waals surface area contributed by atoms with E-state index in [0.717, 1.165) is 11.2 Å². The molecule has 0 amide bonds. The molecule has 0 saturated carbocycles. The lowest BCUT2D eigenvalue weighted by Gasteiger charge is -2.32. The molecule has 1 atom stereocenters. The van der Waals surface area contributed by atoms with Gasteiger partial charge in [0.2, 0.25) is 0 Å². The second kappa shape index (κ2) is 5.89. The van der Waals surface area contributed by atoms with E-state index in [1.807, 2.05) is 23.5 Å². The molecule has 1 saturated heterocycles. The van der Waals surface area contributed by atoms with Crippen molar-refractivity contribution in [3.63, 3.8) is 0 Å². The zero-order chi connectivity index (χ0) is 12.4. The highest BCUT2D eigenvalue weighted by Gasteiger charge is 2.26. The van der Waals surface area contributed by atoms with Gasteiger partial charge in [0.25, 0.3) is 0 Å². The van der Waals surface area contributed by atoms with Crippen LogP contribution in [0.5, 0.6) is 0 Å². The Kier molecular flexibility index (Phi) is 4.22. The van der Waals surface area contributed by atoms with E-state index >= 15 is 0 Å². The third kappa shape index (κ3) is 2.73. The molecule has 0 aromatic heterocycles. The molecule has 0 spiro atoms. The van der Waals surface area contributed by atoms with Gasteiger partial charge in [-0.1, -0.05) is 18.2 Å². The van der Waals surface area contributed by atoms with Gasteiger partial charge in [-0.15, -0.1) is 11.8 Å². The Labute approximate surface area is 119 Å². The third-order valence-electron chi connectivity index (χ3n) is 4.15. The van der Waals surface area contributed by atoms with Gasteiger partial charge < -0.3 is 4.90 Å². The third-order valence-corrected chi connectivity index (χ3v) is 6.54. The van der Waals surface area contributed by atoms with Crippen molar-refractivity contribution in [1.82, 2.24) is 4.90 Å². The minimum Gasteiger partial charge on any atom is -0.303 e. The van der Waals surface area contributed by atoms with Crippen molar-refractivity contribution in [3.05, 3.63) is 29.8 Å². The molecular weight excluding hydrogens is 258 g/mol. The highest BCUT2D eigenvalue weighted by atomic mass is 32.2. The van der Waals surface area contributed by atoms with Gasteiger partial charge in [0.1, 0.15) is 0 Å².